The Hall–Kier alpha value is -0.200. The average Bonchev–Trinajstić information content (AvgIpc) is 2.57. The molecular formula is C16H29N2O3PS2. The van der Waals surface area contributed by atoms with E-state index in [1.165, 1.54) is 12.8 Å². The van der Waals surface area contributed by atoms with E-state index in [1.54, 1.807) is 17.8 Å². The lowest BCUT2D eigenvalue weighted by Crippen LogP contribution is -2.06. The van der Waals surface area contributed by atoms with Crippen molar-refractivity contribution in [3.8, 4) is 5.88 Å². The summed E-state index contributed by atoms with van der Waals surface area (Å²) in [6, 6.07) is 3.69. The summed E-state index contributed by atoms with van der Waals surface area (Å²) in [5.74, 6) is 1.41. The number of aromatic nitrogens is 2. The van der Waals surface area contributed by atoms with E-state index < -0.39 is 6.72 Å². The molecule has 0 aliphatic heterocycles. The van der Waals surface area contributed by atoms with Gasteiger partial charge < -0.3 is 4.52 Å². The van der Waals surface area contributed by atoms with E-state index >= 15 is 0 Å². The third-order valence-electron chi connectivity index (χ3n) is 3.06. The van der Waals surface area contributed by atoms with Crippen LogP contribution in [0, 0.1) is 0 Å². The Morgan fingerprint density at radius 3 is 2.08 bits per heavy atom. The summed E-state index contributed by atoms with van der Waals surface area (Å²) < 4.78 is 17.3. The molecule has 1 heterocycles. The van der Waals surface area contributed by atoms with Crippen molar-refractivity contribution >= 4 is 30.3 Å². The van der Waals surface area contributed by atoms with Gasteiger partial charge in [-0.15, -0.1) is 22.0 Å². The van der Waals surface area contributed by atoms with Gasteiger partial charge >= 0.3 is 6.72 Å². The smallest absolute Gasteiger partial charge is 0.381 e. The molecule has 1 aromatic rings. The summed E-state index contributed by atoms with van der Waals surface area (Å²) in [5, 5.41) is 9.17. The lowest BCUT2D eigenvalue weighted by Gasteiger charge is -2.21. The Balaban J connectivity index is 2.61. The van der Waals surface area contributed by atoms with Gasteiger partial charge in [-0.3, -0.25) is 9.05 Å². The van der Waals surface area contributed by atoms with Gasteiger partial charge in [0, 0.05) is 17.9 Å². The molecule has 0 bridgehead atoms. The minimum absolute atomic E-state index is 0.367. The fraction of sp³-hybridized carbons (Fsp3) is 0.750. The number of unbranched alkanes of at least 4 members (excludes halogenated alkanes) is 3. The summed E-state index contributed by atoms with van der Waals surface area (Å²) in [4.78, 5) is 0. The molecule has 0 saturated heterocycles. The lowest BCUT2D eigenvalue weighted by atomic mass is 10.4. The number of hydrogen-bond donors (Lipinski definition) is 0. The Bertz CT molecular complexity index is 475. The molecule has 0 N–H and O–H groups in total. The fourth-order valence-electron chi connectivity index (χ4n) is 1.60. The predicted octanol–water partition coefficient (Wildman–Crippen LogP) is 5.61. The van der Waals surface area contributed by atoms with Crippen LogP contribution in [-0.2, 0) is 20.9 Å². The minimum atomic E-state index is -2.82. The van der Waals surface area contributed by atoms with E-state index in [2.05, 4.69) is 31.0 Å². The molecule has 0 amide bonds. The first kappa shape index (κ1) is 21.8. The van der Waals surface area contributed by atoms with Crippen molar-refractivity contribution in [2.45, 2.75) is 64.3 Å². The summed E-state index contributed by atoms with van der Waals surface area (Å²) in [6.07, 6.45) is 6.27. The number of thioether (sulfide) groups is 1. The highest BCUT2D eigenvalue weighted by atomic mass is 32.5. The first-order chi connectivity index (χ1) is 11.6. The quantitative estimate of drug-likeness (QED) is 0.232. The molecule has 0 aliphatic carbocycles. The van der Waals surface area contributed by atoms with Gasteiger partial charge in [-0.2, -0.15) is 0 Å². The normalized spacial score (nSPS) is 11.6. The molecule has 0 aromatic carbocycles. The van der Waals surface area contributed by atoms with Gasteiger partial charge in [0.15, 0.2) is 0 Å². The van der Waals surface area contributed by atoms with Gasteiger partial charge in [0.25, 0.3) is 0 Å². The second kappa shape index (κ2) is 13.1. The zero-order valence-electron chi connectivity index (χ0n) is 14.9. The highest BCUT2D eigenvalue weighted by molar-refractivity contribution is 8.07. The first-order valence-corrected chi connectivity index (χ1v) is 12.2. The Kier molecular flexibility index (Phi) is 11.9. The largest absolute Gasteiger partial charge is 0.404 e. The van der Waals surface area contributed by atoms with E-state index in [-0.39, 0.29) is 0 Å². The van der Waals surface area contributed by atoms with Crippen LogP contribution in [0.25, 0.3) is 0 Å². The Morgan fingerprint density at radius 1 is 0.958 bits per heavy atom. The van der Waals surface area contributed by atoms with Gasteiger partial charge in [-0.05, 0) is 31.1 Å². The molecule has 0 saturated carbocycles. The van der Waals surface area contributed by atoms with Crippen LogP contribution in [0.1, 0.15) is 59.3 Å². The van der Waals surface area contributed by atoms with Crippen LogP contribution in [0.4, 0.5) is 0 Å². The molecule has 24 heavy (non-hydrogen) atoms. The van der Waals surface area contributed by atoms with E-state index in [0.29, 0.717) is 19.1 Å². The Labute approximate surface area is 155 Å². The van der Waals surface area contributed by atoms with Gasteiger partial charge in [0.05, 0.1) is 13.2 Å². The summed E-state index contributed by atoms with van der Waals surface area (Å²) >= 11 is 7.20. The average molecular weight is 393 g/mol. The minimum Gasteiger partial charge on any atom is -0.404 e. The van der Waals surface area contributed by atoms with Crippen LogP contribution < -0.4 is 4.52 Å². The number of hydrogen-bond acceptors (Lipinski definition) is 7. The topological polar surface area (TPSA) is 53.5 Å². The van der Waals surface area contributed by atoms with Gasteiger partial charge in [0.2, 0.25) is 5.88 Å². The van der Waals surface area contributed by atoms with Crippen LogP contribution in [0.5, 0.6) is 5.88 Å². The van der Waals surface area contributed by atoms with Gasteiger partial charge in [-0.25, -0.2) is 0 Å². The van der Waals surface area contributed by atoms with E-state index in [9.17, 15) is 0 Å². The second-order valence-corrected chi connectivity index (χ2v) is 9.37. The Morgan fingerprint density at radius 2 is 1.58 bits per heavy atom. The van der Waals surface area contributed by atoms with Crippen molar-refractivity contribution < 1.29 is 13.6 Å². The number of nitrogens with zero attached hydrogens (tertiary/aromatic N) is 2. The van der Waals surface area contributed by atoms with Crippen molar-refractivity contribution in [2.75, 3.05) is 19.0 Å². The van der Waals surface area contributed by atoms with Crippen molar-refractivity contribution in [1.29, 1.82) is 0 Å². The first-order valence-electron chi connectivity index (χ1n) is 8.68. The maximum atomic E-state index is 5.77. The van der Waals surface area contributed by atoms with Crippen molar-refractivity contribution in [1.82, 2.24) is 10.2 Å². The van der Waals surface area contributed by atoms with Crippen LogP contribution in [-0.4, -0.2) is 29.2 Å². The maximum absolute atomic E-state index is 5.77. The highest BCUT2D eigenvalue weighted by Gasteiger charge is 2.23. The lowest BCUT2D eigenvalue weighted by molar-refractivity contribution is 0.195. The zero-order valence-corrected chi connectivity index (χ0v) is 17.4. The molecule has 138 valence electrons. The summed E-state index contributed by atoms with van der Waals surface area (Å²) in [6.45, 7) is 4.64. The van der Waals surface area contributed by atoms with E-state index in [4.69, 9.17) is 25.4 Å². The molecule has 0 atom stereocenters. The highest BCUT2D eigenvalue weighted by Crippen LogP contribution is 2.49. The second-order valence-electron chi connectivity index (χ2n) is 5.32. The van der Waals surface area contributed by atoms with Crippen LogP contribution in [0.15, 0.2) is 17.2 Å². The molecule has 1 aromatic heterocycles. The van der Waals surface area contributed by atoms with E-state index in [1.807, 2.05) is 6.07 Å². The fourth-order valence-corrected chi connectivity index (χ4v) is 4.39. The summed E-state index contributed by atoms with van der Waals surface area (Å²) in [7, 11) is 0. The zero-order chi connectivity index (χ0) is 17.7. The molecular weight excluding hydrogens is 363 g/mol. The van der Waals surface area contributed by atoms with Crippen LogP contribution >= 0.6 is 18.5 Å². The number of rotatable bonds is 14. The van der Waals surface area contributed by atoms with E-state index in [0.717, 1.165) is 36.5 Å². The molecule has 5 nitrogen and oxygen atoms in total. The molecule has 0 aliphatic rings. The molecule has 0 unspecified atom stereocenters. The molecule has 1 rings (SSSR count). The maximum Gasteiger partial charge on any atom is 0.381 e. The SMILES string of the molecule is CCCCOP(=S)(OCCCC)Oc1ccc(SCCCC)nn1. The van der Waals surface area contributed by atoms with Crippen molar-refractivity contribution in [2.24, 2.45) is 0 Å². The van der Waals surface area contributed by atoms with Gasteiger partial charge in [0.1, 0.15) is 5.03 Å². The molecule has 0 radical (unpaired) electrons. The summed E-state index contributed by atoms with van der Waals surface area (Å²) in [5.41, 5.74) is 0. The standard InChI is InChI=1S/C16H29N2O3PS2/c1-4-7-12-19-22(23,20-13-8-5-2)21-15-10-11-16(18-17-15)24-14-9-6-3/h10-11H,4-9,12-14H2,1-3H3. The molecule has 0 fully saturated rings. The monoisotopic (exact) mass is 392 g/mol. The van der Waals surface area contributed by atoms with Crippen molar-refractivity contribution in [3.05, 3.63) is 12.1 Å². The third kappa shape index (κ3) is 9.33. The third-order valence-corrected chi connectivity index (χ3v) is 6.33. The molecule has 0 spiro atoms. The van der Waals surface area contributed by atoms with Crippen LogP contribution in [0.2, 0.25) is 0 Å². The van der Waals surface area contributed by atoms with Gasteiger partial charge in [-0.1, -0.05) is 40.0 Å². The molecule has 8 heteroatoms. The predicted molar refractivity (Wildman–Crippen MR) is 104 cm³/mol. The van der Waals surface area contributed by atoms with Crippen molar-refractivity contribution in [3.63, 3.8) is 0 Å². The van der Waals surface area contributed by atoms with Crippen LogP contribution in [0.3, 0.4) is 0 Å².